The predicted octanol–water partition coefficient (Wildman–Crippen LogP) is 3.25. The number of nitrogens with zero attached hydrogens (tertiary/aromatic N) is 2. The smallest absolute Gasteiger partial charge is 0.262 e. The number of hydrogen-bond acceptors (Lipinski definition) is 7. The summed E-state index contributed by atoms with van der Waals surface area (Å²) in [5.41, 5.74) is 5.70. The minimum Gasteiger partial charge on any atom is -0.497 e. The molecule has 3 aromatic carbocycles. The predicted molar refractivity (Wildman–Crippen MR) is 147 cm³/mol. The Kier molecular flexibility index (Phi) is 9.44. The van der Waals surface area contributed by atoms with Crippen LogP contribution in [0.25, 0.3) is 0 Å². The lowest BCUT2D eigenvalue weighted by atomic mass is 10.1. The lowest BCUT2D eigenvalue weighted by molar-refractivity contribution is -0.119. The summed E-state index contributed by atoms with van der Waals surface area (Å²) in [6, 6.07) is 19.1. The molecule has 0 saturated carbocycles. The van der Waals surface area contributed by atoms with Gasteiger partial charge in [0, 0.05) is 5.69 Å². The van der Waals surface area contributed by atoms with Crippen LogP contribution in [-0.2, 0) is 19.6 Å². The summed E-state index contributed by atoms with van der Waals surface area (Å²) < 4.78 is 36.3. The van der Waals surface area contributed by atoms with Gasteiger partial charge in [-0.25, -0.2) is 13.8 Å². The van der Waals surface area contributed by atoms with Gasteiger partial charge in [0.15, 0.2) is 6.61 Å². The van der Waals surface area contributed by atoms with Crippen LogP contribution in [0.5, 0.6) is 11.5 Å². The van der Waals surface area contributed by atoms with Gasteiger partial charge in [-0.15, -0.1) is 0 Å². The molecule has 0 aliphatic heterocycles. The molecule has 200 valence electrons. The number of ether oxygens (including phenoxy) is 2. The molecule has 38 heavy (non-hydrogen) atoms. The van der Waals surface area contributed by atoms with Crippen LogP contribution in [0.4, 0.5) is 11.4 Å². The fraction of sp³-hybridized carbons (Fsp3) is 0.222. The van der Waals surface area contributed by atoms with Crippen molar-refractivity contribution in [1.82, 2.24) is 5.43 Å². The zero-order valence-electron chi connectivity index (χ0n) is 21.6. The Labute approximate surface area is 222 Å². The van der Waals surface area contributed by atoms with Crippen LogP contribution in [0.3, 0.4) is 0 Å². The molecule has 0 fully saturated rings. The highest BCUT2D eigenvalue weighted by atomic mass is 32.2. The summed E-state index contributed by atoms with van der Waals surface area (Å²) in [4.78, 5) is 24.5. The molecule has 2 amide bonds. The van der Waals surface area contributed by atoms with Crippen LogP contribution in [-0.4, -0.2) is 53.0 Å². The van der Waals surface area contributed by atoms with Crippen LogP contribution in [0.1, 0.15) is 16.7 Å². The maximum atomic E-state index is 12.4. The molecule has 0 aliphatic rings. The first-order chi connectivity index (χ1) is 18.0. The SMILES string of the molecule is COc1ccc(NC(=O)COc2ccc(/C=N\NC(=O)CN(c3cc(C)ccc3C)S(C)(=O)=O)cc2)cc1. The van der Waals surface area contributed by atoms with E-state index in [1.54, 1.807) is 74.7 Å². The van der Waals surface area contributed by atoms with Gasteiger partial charge in [-0.05, 0) is 85.1 Å². The Morgan fingerprint density at radius 3 is 2.24 bits per heavy atom. The summed E-state index contributed by atoms with van der Waals surface area (Å²) in [5.74, 6) is 0.270. The van der Waals surface area contributed by atoms with Crippen molar-refractivity contribution in [2.24, 2.45) is 5.10 Å². The average Bonchev–Trinajstić information content (AvgIpc) is 2.88. The van der Waals surface area contributed by atoms with Crippen molar-refractivity contribution in [3.63, 3.8) is 0 Å². The van der Waals surface area contributed by atoms with E-state index in [0.717, 1.165) is 21.7 Å². The maximum Gasteiger partial charge on any atom is 0.262 e. The van der Waals surface area contributed by atoms with Crippen LogP contribution in [0.15, 0.2) is 71.8 Å². The number of sulfonamides is 1. The minimum absolute atomic E-state index is 0.174. The fourth-order valence-electron chi connectivity index (χ4n) is 3.38. The summed E-state index contributed by atoms with van der Waals surface area (Å²) >= 11 is 0. The van der Waals surface area contributed by atoms with Crippen molar-refractivity contribution < 1.29 is 27.5 Å². The van der Waals surface area contributed by atoms with Gasteiger partial charge in [0.05, 0.1) is 25.3 Å². The average molecular weight is 539 g/mol. The Morgan fingerprint density at radius 2 is 1.61 bits per heavy atom. The Bertz CT molecular complexity index is 1400. The van der Waals surface area contributed by atoms with E-state index in [-0.39, 0.29) is 12.5 Å². The molecule has 10 nitrogen and oxygen atoms in total. The van der Waals surface area contributed by atoms with E-state index in [9.17, 15) is 18.0 Å². The summed E-state index contributed by atoms with van der Waals surface area (Å²) in [5, 5.41) is 6.64. The van der Waals surface area contributed by atoms with Crippen LogP contribution >= 0.6 is 0 Å². The molecule has 0 radical (unpaired) electrons. The quantitative estimate of drug-likeness (QED) is 0.285. The monoisotopic (exact) mass is 538 g/mol. The van der Waals surface area contributed by atoms with Gasteiger partial charge in [0.1, 0.15) is 18.0 Å². The van der Waals surface area contributed by atoms with Gasteiger partial charge >= 0.3 is 0 Å². The molecule has 0 heterocycles. The van der Waals surface area contributed by atoms with E-state index in [1.165, 1.54) is 6.21 Å². The molecular formula is C27H30N4O6S. The first kappa shape index (κ1) is 28.2. The molecule has 0 atom stereocenters. The van der Waals surface area contributed by atoms with E-state index >= 15 is 0 Å². The molecule has 0 aromatic heterocycles. The largest absolute Gasteiger partial charge is 0.497 e. The minimum atomic E-state index is -3.69. The third kappa shape index (κ3) is 8.34. The highest BCUT2D eigenvalue weighted by Crippen LogP contribution is 2.23. The van der Waals surface area contributed by atoms with Crippen LogP contribution in [0, 0.1) is 13.8 Å². The number of amides is 2. The normalized spacial score (nSPS) is 11.2. The first-order valence-electron chi connectivity index (χ1n) is 11.6. The number of nitrogens with one attached hydrogen (secondary N) is 2. The van der Waals surface area contributed by atoms with E-state index < -0.39 is 22.5 Å². The van der Waals surface area contributed by atoms with Gasteiger partial charge in [0.25, 0.3) is 11.8 Å². The number of hydrazone groups is 1. The standard InChI is InChI=1S/C27H30N4O6S/c1-19-5-6-20(2)25(15-19)31(38(4,34)35)17-26(32)30-28-16-21-7-11-24(12-8-21)37-18-27(33)29-22-9-13-23(36-3)14-10-22/h5-16H,17-18H2,1-4H3,(H,29,33)(H,30,32)/b28-16-. The fourth-order valence-corrected chi connectivity index (χ4v) is 4.29. The zero-order valence-corrected chi connectivity index (χ0v) is 22.4. The number of rotatable bonds is 11. The number of aryl methyl sites for hydroxylation is 2. The molecule has 11 heteroatoms. The molecular weight excluding hydrogens is 508 g/mol. The second-order valence-corrected chi connectivity index (χ2v) is 10.4. The zero-order chi connectivity index (χ0) is 27.7. The molecule has 0 saturated heterocycles. The van der Waals surface area contributed by atoms with Crippen molar-refractivity contribution in [2.75, 3.05) is 36.1 Å². The van der Waals surface area contributed by atoms with E-state index in [0.29, 0.717) is 28.4 Å². The Balaban J connectivity index is 1.50. The van der Waals surface area contributed by atoms with Gasteiger partial charge < -0.3 is 14.8 Å². The third-order valence-electron chi connectivity index (χ3n) is 5.35. The lowest BCUT2D eigenvalue weighted by Crippen LogP contribution is -2.39. The van der Waals surface area contributed by atoms with Gasteiger partial charge in [-0.1, -0.05) is 12.1 Å². The molecule has 3 aromatic rings. The molecule has 0 spiro atoms. The van der Waals surface area contributed by atoms with Crippen molar-refractivity contribution in [1.29, 1.82) is 0 Å². The van der Waals surface area contributed by atoms with Gasteiger partial charge in [-0.2, -0.15) is 5.10 Å². The topological polar surface area (TPSA) is 126 Å². The van der Waals surface area contributed by atoms with E-state index in [4.69, 9.17) is 9.47 Å². The number of benzene rings is 3. The first-order valence-corrected chi connectivity index (χ1v) is 13.4. The van der Waals surface area contributed by atoms with Crippen molar-refractivity contribution >= 4 is 39.4 Å². The van der Waals surface area contributed by atoms with Crippen LogP contribution in [0.2, 0.25) is 0 Å². The number of carbonyl (C=O) groups excluding carboxylic acids is 2. The Hall–Kier alpha value is -4.38. The number of anilines is 2. The third-order valence-corrected chi connectivity index (χ3v) is 6.47. The summed E-state index contributed by atoms with van der Waals surface area (Å²) in [6.45, 7) is 3.05. The number of methoxy groups -OCH3 is 1. The van der Waals surface area contributed by atoms with Gasteiger partial charge in [-0.3, -0.25) is 13.9 Å². The number of carbonyl (C=O) groups is 2. The van der Waals surface area contributed by atoms with E-state index in [1.807, 2.05) is 13.0 Å². The highest BCUT2D eigenvalue weighted by molar-refractivity contribution is 7.92. The molecule has 2 N–H and O–H groups in total. The second kappa shape index (κ2) is 12.7. The summed E-state index contributed by atoms with van der Waals surface area (Å²) in [6.07, 6.45) is 2.47. The second-order valence-electron chi connectivity index (χ2n) is 8.49. The van der Waals surface area contributed by atoms with Crippen molar-refractivity contribution in [3.05, 3.63) is 83.4 Å². The maximum absolute atomic E-state index is 12.4. The van der Waals surface area contributed by atoms with Crippen molar-refractivity contribution in [2.45, 2.75) is 13.8 Å². The lowest BCUT2D eigenvalue weighted by Gasteiger charge is -2.23. The molecule has 0 unspecified atom stereocenters. The number of hydrogen-bond donors (Lipinski definition) is 2. The highest BCUT2D eigenvalue weighted by Gasteiger charge is 2.22. The Morgan fingerprint density at radius 1 is 0.947 bits per heavy atom. The molecule has 0 bridgehead atoms. The summed E-state index contributed by atoms with van der Waals surface area (Å²) in [7, 11) is -2.13. The van der Waals surface area contributed by atoms with Crippen molar-refractivity contribution in [3.8, 4) is 11.5 Å². The van der Waals surface area contributed by atoms with Gasteiger partial charge in [0.2, 0.25) is 10.0 Å². The van der Waals surface area contributed by atoms with Crippen LogP contribution < -0.4 is 24.5 Å². The van der Waals surface area contributed by atoms with E-state index in [2.05, 4.69) is 15.8 Å². The molecule has 0 aliphatic carbocycles. The molecule has 3 rings (SSSR count).